The summed E-state index contributed by atoms with van der Waals surface area (Å²) in [5, 5.41) is 15.5. The molecule has 0 unspecified atom stereocenters. The Labute approximate surface area is 133 Å². The van der Waals surface area contributed by atoms with Crippen LogP contribution < -0.4 is 4.72 Å². The molecule has 2 heterocycles. The number of aliphatic hydroxyl groups is 1. The maximum atomic E-state index is 12.6. The van der Waals surface area contributed by atoms with E-state index in [1.165, 1.54) is 11.3 Å². The van der Waals surface area contributed by atoms with Crippen LogP contribution in [0.4, 0.5) is 0 Å². The molecule has 6 nitrogen and oxygen atoms in total. The second kappa shape index (κ2) is 5.77. The first-order valence-electron chi connectivity index (χ1n) is 7.09. The average molecular weight is 341 g/mol. The highest BCUT2D eigenvalue weighted by molar-refractivity contribution is 7.91. The Morgan fingerprint density at radius 1 is 1.50 bits per heavy atom. The predicted molar refractivity (Wildman–Crippen MR) is 84.1 cm³/mol. The predicted octanol–water partition coefficient (Wildman–Crippen LogP) is 1.58. The Hall–Kier alpha value is -1.22. The first-order chi connectivity index (χ1) is 10.3. The molecule has 0 bridgehead atoms. The summed E-state index contributed by atoms with van der Waals surface area (Å²) >= 11 is 1.22. The van der Waals surface area contributed by atoms with Crippen LogP contribution >= 0.6 is 11.3 Å². The second-order valence-electron chi connectivity index (χ2n) is 5.87. The van der Waals surface area contributed by atoms with E-state index in [-0.39, 0.29) is 18.1 Å². The molecule has 0 radical (unpaired) electrons. The number of aryl methyl sites for hydroxylation is 2. The van der Waals surface area contributed by atoms with Crippen LogP contribution in [0.1, 0.15) is 30.0 Å². The molecule has 1 aliphatic carbocycles. The quantitative estimate of drug-likeness (QED) is 0.865. The molecule has 0 spiro atoms. The highest BCUT2D eigenvalue weighted by Gasteiger charge is 2.38. The van der Waals surface area contributed by atoms with E-state index in [2.05, 4.69) is 9.82 Å². The van der Waals surface area contributed by atoms with Crippen LogP contribution in [0.15, 0.2) is 28.0 Å². The van der Waals surface area contributed by atoms with Crippen LogP contribution in [0.3, 0.4) is 0 Å². The van der Waals surface area contributed by atoms with Gasteiger partial charge in [0.25, 0.3) is 10.0 Å². The Balaban J connectivity index is 1.87. The van der Waals surface area contributed by atoms with Crippen molar-refractivity contribution in [3.63, 3.8) is 0 Å². The molecule has 2 N–H and O–H groups in total. The Morgan fingerprint density at radius 2 is 2.23 bits per heavy atom. The molecular formula is C14H19N3O3S2. The minimum Gasteiger partial charge on any atom is -0.393 e. The highest BCUT2D eigenvalue weighted by Crippen LogP contribution is 2.39. The summed E-state index contributed by atoms with van der Waals surface area (Å²) in [6, 6.07) is 1.31. The van der Waals surface area contributed by atoms with E-state index in [1.54, 1.807) is 24.0 Å². The zero-order chi connectivity index (χ0) is 15.9. The van der Waals surface area contributed by atoms with Crippen molar-refractivity contribution < 1.29 is 13.5 Å². The molecule has 0 amide bonds. The monoisotopic (exact) mass is 341 g/mol. The highest BCUT2D eigenvalue weighted by atomic mass is 32.2. The fraction of sp³-hybridized carbons (Fsp3) is 0.500. The third-order valence-corrected chi connectivity index (χ3v) is 6.96. The third-order valence-electron chi connectivity index (χ3n) is 3.96. The number of hydrogen-bond acceptors (Lipinski definition) is 5. The van der Waals surface area contributed by atoms with Gasteiger partial charge in [-0.25, -0.2) is 13.1 Å². The molecule has 0 aromatic carbocycles. The molecule has 8 heteroatoms. The number of aliphatic hydroxyl groups excluding tert-OH is 1. The van der Waals surface area contributed by atoms with E-state index in [4.69, 9.17) is 0 Å². The van der Waals surface area contributed by atoms with Crippen LogP contribution in [0.5, 0.6) is 0 Å². The Bertz CT molecular complexity index is 760. The average Bonchev–Trinajstić information content (AvgIpc) is 3.02. The van der Waals surface area contributed by atoms with Crippen LogP contribution in [0.25, 0.3) is 0 Å². The van der Waals surface area contributed by atoms with Gasteiger partial charge >= 0.3 is 0 Å². The van der Waals surface area contributed by atoms with E-state index in [9.17, 15) is 13.5 Å². The molecule has 3 rings (SSSR count). The van der Waals surface area contributed by atoms with Gasteiger partial charge in [0.1, 0.15) is 4.21 Å². The van der Waals surface area contributed by atoms with E-state index in [0.29, 0.717) is 17.1 Å². The number of nitrogens with one attached hydrogen (secondary N) is 1. The lowest BCUT2D eigenvalue weighted by molar-refractivity contribution is 0.0280. The standard InChI is InChI=1S/C14H19N3O3S2/c1-9-3-13(21-8-9)22(19,20)16-14(10-4-12(18)5-10)11-6-15-17(2)7-11/h3,6-8,10,12,14,16,18H,4-5H2,1-2H3/t10?,12?,14-/m0/s1. The Morgan fingerprint density at radius 3 is 2.73 bits per heavy atom. The molecule has 1 aliphatic rings. The lowest BCUT2D eigenvalue weighted by Crippen LogP contribution is -2.41. The number of thiophene rings is 1. The molecule has 0 saturated heterocycles. The van der Waals surface area contributed by atoms with Crippen molar-refractivity contribution in [2.45, 2.75) is 36.1 Å². The van der Waals surface area contributed by atoms with Crippen molar-refractivity contribution in [3.05, 3.63) is 35.0 Å². The fourth-order valence-corrected chi connectivity index (χ4v) is 5.25. The van der Waals surface area contributed by atoms with Gasteiger partial charge in [0.15, 0.2) is 0 Å². The van der Waals surface area contributed by atoms with Gasteiger partial charge in [-0.2, -0.15) is 5.10 Å². The topological polar surface area (TPSA) is 84.2 Å². The maximum Gasteiger partial charge on any atom is 0.250 e. The van der Waals surface area contributed by atoms with Crippen molar-refractivity contribution in [3.8, 4) is 0 Å². The summed E-state index contributed by atoms with van der Waals surface area (Å²) in [6.45, 7) is 1.87. The van der Waals surface area contributed by atoms with Gasteiger partial charge in [-0.1, -0.05) is 0 Å². The van der Waals surface area contributed by atoms with Gasteiger partial charge in [0.05, 0.1) is 18.3 Å². The summed E-state index contributed by atoms with van der Waals surface area (Å²) < 4.78 is 29.9. The minimum absolute atomic E-state index is 0.0926. The molecule has 2 aromatic rings. The second-order valence-corrected chi connectivity index (χ2v) is 8.73. The summed E-state index contributed by atoms with van der Waals surface area (Å²) in [5.41, 5.74) is 1.76. The van der Waals surface area contributed by atoms with Gasteiger partial charge in [0, 0.05) is 18.8 Å². The van der Waals surface area contributed by atoms with Gasteiger partial charge in [-0.05, 0) is 42.7 Å². The van der Waals surface area contributed by atoms with Gasteiger partial charge in [-0.3, -0.25) is 4.68 Å². The minimum atomic E-state index is -3.57. The van der Waals surface area contributed by atoms with E-state index in [0.717, 1.165) is 11.1 Å². The zero-order valence-electron chi connectivity index (χ0n) is 12.4. The van der Waals surface area contributed by atoms with Crippen LogP contribution in [-0.4, -0.2) is 29.4 Å². The van der Waals surface area contributed by atoms with Crippen molar-refractivity contribution in [2.24, 2.45) is 13.0 Å². The summed E-state index contributed by atoms with van der Waals surface area (Å²) in [6.07, 6.45) is 4.37. The molecule has 120 valence electrons. The third kappa shape index (κ3) is 3.10. The van der Waals surface area contributed by atoms with E-state index in [1.807, 2.05) is 18.5 Å². The van der Waals surface area contributed by atoms with Crippen molar-refractivity contribution in [2.75, 3.05) is 0 Å². The van der Waals surface area contributed by atoms with Gasteiger partial charge < -0.3 is 5.11 Å². The molecular weight excluding hydrogens is 322 g/mol. The van der Waals surface area contributed by atoms with Crippen molar-refractivity contribution >= 4 is 21.4 Å². The lowest BCUT2D eigenvalue weighted by atomic mass is 9.76. The molecule has 1 fully saturated rings. The molecule has 1 saturated carbocycles. The SMILES string of the molecule is Cc1csc(S(=O)(=O)N[C@H](c2cnn(C)c2)C2CC(O)C2)c1. The van der Waals surface area contributed by atoms with Crippen LogP contribution in [0, 0.1) is 12.8 Å². The molecule has 0 aliphatic heterocycles. The molecule has 2 aromatic heterocycles. The lowest BCUT2D eigenvalue weighted by Gasteiger charge is -2.37. The fourth-order valence-electron chi connectivity index (χ4n) is 2.71. The maximum absolute atomic E-state index is 12.6. The number of sulfonamides is 1. The number of rotatable bonds is 5. The van der Waals surface area contributed by atoms with Crippen LogP contribution in [-0.2, 0) is 17.1 Å². The van der Waals surface area contributed by atoms with Crippen molar-refractivity contribution in [1.82, 2.24) is 14.5 Å². The van der Waals surface area contributed by atoms with E-state index >= 15 is 0 Å². The van der Waals surface area contributed by atoms with Crippen molar-refractivity contribution in [1.29, 1.82) is 0 Å². The summed E-state index contributed by atoms with van der Waals surface area (Å²) in [5.74, 6) is 0.0926. The number of hydrogen-bond donors (Lipinski definition) is 2. The normalized spacial score (nSPS) is 23.2. The summed E-state index contributed by atoms with van der Waals surface area (Å²) in [4.78, 5) is 0. The smallest absolute Gasteiger partial charge is 0.250 e. The summed E-state index contributed by atoms with van der Waals surface area (Å²) in [7, 11) is -1.77. The first-order valence-corrected chi connectivity index (χ1v) is 9.45. The Kier molecular flexibility index (Phi) is 4.11. The number of aromatic nitrogens is 2. The van der Waals surface area contributed by atoms with Crippen LogP contribution in [0.2, 0.25) is 0 Å². The van der Waals surface area contributed by atoms with Gasteiger partial charge in [-0.15, -0.1) is 11.3 Å². The molecule has 1 atom stereocenters. The largest absolute Gasteiger partial charge is 0.393 e. The first kappa shape index (κ1) is 15.7. The number of nitrogens with zero attached hydrogens (tertiary/aromatic N) is 2. The van der Waals surface area contributed by atoms with Gasteiger partial charge in [0.2, 0.25) is 0 Å². The molecule has 22 heavy (non-hydrogen) atoms. The zero-order valence-corrected chi connectivity index (χ0v) is 14.1. The van der Waals surface area contributed by atoms with E-state index < -0.39 is 10.0 Å².